The molecule has 1 saturated heterocycles. The first kappa shape index (κ1) is 15.9. The molecule has 0 radical (unpaired) electrons. The largest absolute Gasteiger partial charge is 0.478 e. The highest BCUT2D eigenvalue weighted by Crippen LogP contribution is 2.34. The van der Waals surface area contributed by atoms with E-state index in [1.807, 2.05) is 16.3 Å². The van der Waals surface area contributed by atoms with Crippen molar-refractivity contribution in [3.8, 4) is 11.1 Å². The van der Waals surface area contributed by atoms with Gasteiger partial charge in [-0.3, -0.25) is 4.79 Å². The zero-order valence-corrected chi connectivity index (χ0v) is 14.0. The summed E-state index contributed by atoms with van der Waals surface area (Å²) in [6.45, 7) is 2.53. The maximum absolute atomic E-state index is 12.5. The van der Waals surface area contributed by atoms with Crippen molar-refractivity contribution in [2.75, 3.05) is 31.2 Å². The number of thiophene rings is 1. The Kier molecular flexibility index (Phi) is 4.03. The zero-order valence-electron chi connectivity index (χ0n) is 13.2. The van der Waals surface area contributed by atoms with Crippen LogP contribution in [0.1, 0.15) is 10.4 Å². The van der Waals surface area contributed by atoms with E-state index in [2.05, 4.69) is 0 Å². The molecule has 1 aliphatic rings. The third kappa shape index (κ3) is 2.92. The Labute approximate surface area is 146 Å². The molecule has 1 aromatic carbocycles. The molecule has 2 aromatic heterocycles. The van der Waals surface area contributed by atoms with Gasteiger partial charge in [0.1, 0.15) is 4.70 Å². The van der Waals surface area contributed by atoms with Crippen LogP contribution in [0.2, 0.25) is 0 Å². The normalized spacial score (nSPS) is 14.8. The highest BCUT2D eigenvalue weighted by Gasteiger charge is 2.19. The molecule has 1 aliphatic heterocycles. The number of hydrogen-bond acceptors (Lipinski definition) is 6. The summed E-state index contributed by atoms with van der Waals surface area (Å²) in [7, 11) is 0. The average Bonchev–Trinajstić information content (AvgIpc) is 3.07. The molecule has 0 aliphatic carbocycles. The number of nitrogens with zero attached hydrogens (tertiary/aromatic N) is 1. The van der Waals surface area contributed by atoms with Crippen molar-refractivity contribution in [3.05, 3.63) is 51.5 Å². The first-order valence-corrected chi connectivity index (χ1v) is 8.73. The van der Waals surface area contributed by atoms with Gasteiger partial charge in [-0.25, -0.2) is 4.79 Å². The van der Waals surface area contributed by atoms with Crippen LogP contribution in [0.3, 0.4) is 0 Å². The van der Waals surface area contributed by atoms with Gasteiger partial charge in [0.05, 0.1) is 18.8 Å². The topological polar surface area (TPSA) is 80.0 Å². The Morgan fingerprint density at radius 2 is 2.00 bits per heavy atom. The van der Waals surface area contributed by atoms with Gasteiger partial charge in [-0.15, -0.1) is 11.3 Å². The Morgan fingerprint density at radius 3 is 2.76 bits per heavy atom. The van der Waals surface area contributed by atoms with Gasteiger partial charge in [-0.1, -0.05) is 12.1 Å². The number of benzene rings is 1. The molecular formula is C18H15NO5S. The summed E-state index contributed by atoms with van der Waals surface area (Å²) < 4.78 is 11.9. The van der Waals surface area contributed by atoms with Gasteiger partial charge < -0.3 is 19.2 Å². The second-order valence-corrected chi connectivity index (χ2v) is 6.62. The van der Waals surface area contributed by atoms with Crippen LogP contribution in [-0.4, -0.2) is 37.4 Å². The van der Waals surface area contributed by atoms with E-state index in [4.69, 9.17) is 9.15 Å². The van der Waals surface area contributed by atoms with Gasteiger partial charge in [0.25, 0.3) is 0 Å². The number of carboxylic acid groups (broad SMARTS) is 1. The van der Waals surface area contributed by atoms with Crippen molar-refractivity contribution in [2.45, 2.75) is 0 Å². The second-order valence-electron chi connectivity index (χ2n) is 5.74. The molecule has 0 atom stereocenters. The molecule has 1 fully saturated rings. The summed E-state index contributed by atoms with van der Waals surface area (Å²) in [5.41, 5.74) is 2.06. The number of carbonyl (C=O) groups is 1. The molecule has 0 saturated carbocycles. The first-order chi connectivity index (χ1) is 12.1. The summed E-state index contributed by atoms with van der Waals surface area (Å²) in [6.07, 6.45) is 0. The Morgan fingerprint density at radius 1 is 1.20 bits per heavy atom. The van der Waals surface area contributed by atoms with E-state index in [9.17, 15) is 14.7 Å². The van der Waals surface area contributed by atoms with Crippen molar-refractivity contribution < 1.29 is 19.1 Å². The minimum absolute atomic E-state index is 0.0895. The fourth-order valence-electron chi connectivity index (χ4n) is 2.89. The van der Waals surface area contributed by atoms with Crippen LogP contribution in [-0.2, 0) is 4.74 Å². The van der Waals surface area contributed by atoms with Crippen LogP contribution in [0, 0.1) is 0 Å². The van der Waals surface area contributed by atoms with Crippen molar-refractivity contribution in [2.24, 2.45) is 0 Å². The van der Waals surface area contributed by atoms with Gasteiger partial charge in [0.15, 0.2) is 11.5 Å². The van der Waals surface area contributed by atoms with E-state index in [-0.39, 0.29) is 11.0 Å². The molecule has 128 valence electrons. The van der Waals surface area contributed by atoms with Crippen molar-refractivity contribution >= 4 is 33.5 Å². The molecule has 7 heteroatoms. The van der Waals surface area contributed by atoms with E-state index in [1.54, 1.807) is 12.1 Å². The van der Waals surface area contributed by atoms with Crippen LogP contribution >= 0.6 is 11.3 Å². The molecule has 3 heterocycles. The minimum atomic E-state index is -0.989. The van der Waals surface area contributed by atoms with Gasteiger partial charge in [-0.05, 0) is 17.7 Å². The van der Waals surface area contributed by atoms with E-state index in [0.29, 0.717) is 48.0 Å². The number of fused-ring (bicyclic) bond motifs is 1. The van der Waals surface area contributed by atoms with Crippen LogP contribution in [0.4, 0.5) is 5.88 Å². The Bertz CT molecular complexity index is 1000. The number of anilines is 1. The molecule has 0 unspecified atom stereocenters. The highest BCUT2D eigenvalue weighted by molar-refractivity contribution is 7.17. The minimum Gasteiger partial charge on any atom is -0.478 e. The number of hydrogen-bond donors (Lipinski definition) is 1. The predicted octanol–water partition coefficient (Wildman–Crippen LogP) is 3.06. The monoisotopic (exact) mass is 357 g/mol. The molecule has 0 spiro atoms. The van der Waals surface area contributed by atoms with Crippen LogP contribution in [0.5, 0.6) is 0 Å². The van der Waals surface area contributed by atoms with Gasteiger partial charge in [0, 0.05) is 30.1 Å². The second kappa shape index (κ2) is 6.34. The number of ether oxygens (including phenoxy) is 1. The predicted molar refractivity (Wildman–Crippen MR) is 95.8 cm³/mol. The standard InChI is InChI=1S/C18H15NO5S/c20-14-9-15(19-4-6-23-7-5-19)24-16-13(10-25-17(14)16)11-2-1-3-12(8-11)18(21)22/h1-3,8-10H,4-7H2,(H,21,22). The number of morpholine rings is 1. The van der Waals surface area contributed by atoms with Crippen molar-refractivity contribution in [1.82, 2.24) is 0 Å². The summed E-state index contributed by atoms with van der Waals surface area (Å²) in [6, 6.07) is 8.14. The highest BCUT2D eigenvalue weighted by atomic mass is 32.1. The fraction of sp³-hybridized carbons (Fsp3) is 0.222. The lowest BCUT2D eigenvalue weighted by Crippen LogP contribution is -2.36. The van der Waals surface area contributed by atoms with Crippen molar-refractivity contribution in [1.29, 1.82) is 0 Å². The van der Waals surface area contributed by atoms with E-state index < -0.39 is 5.97 Å². The van der Waals surface area contributed by atoms with Crippen LogP contribution < -0.4 is 10.3 Å². The zero-order chi connectivity index (χ0) is 17.4. The molecule has 0 amide bonds. The van der Waals surface area contributed by atoms with Gasteiger partial charge >= 0.3 is 5.97 Å². The third-order valence-electron chi connectivity index (χ3n) is 4.17. The molecular weight excluding hydrogens is 342 g/mol. The molecule has 6 nitrogen and oxygen atoms in total. The Balaban J connectivity index is 1.85. The quantitative estimate of drug-likeness (QED) is 0.776. The fourth-order valence-corrected chi connectivity index (χ4v) is 3.80. The van der Waals surface area contributed by atoms with Crippen LogP contribution in [0.25, 0.3) is 21.4 Å². The molecule has 3 aromatic rings. The average molecular weight is 357 g/mol. The van der Waals surface area contributed by atoms with E-state index in [0.717, 1.165) is 5.56 Å². The smallest absolute Gasteiger partial charge is 0.335 e. The number of aromatic carboxylic acids is 1. The van der Waals surface area contributed by atoms with Gasteiger partial charge in [-0.2, -0.15) is 0 Å². The SMILES string of the molecule is O=C(O)c1cccc(-c2csc3c(=O)cc(N4CCOCC4)oc23)c1. The number of carboxylic acids is 1. The van der Waals surface area contributed by atoms with E-state index >= 15 is 0 Å². The maximum Gasteiger partial charge on any atom is 0.335 e. The Hall–Kier alpha value is -2.64. The summed E-state index contributed by atoms with van der Waals surface area (Å²) in [4.78, 5) is 25.7. The first-order valence-electron chi connectivity index (χ1n) is 7.85. The third-order valence-corrected chi connectivity index (χ3v) is 5.15. The van der Waals surface area contributed by atoms with Gasteiger partial charge in [0.2, 0.25) is 5.43 Å². The lowest BCUT2D eigenvalue weighted by atomic mass is 10.1. The lowest BCUT2D eigenvalue weighted by Gasteiger charge is -2.27. The summed E-state index contributed by atoms with van der Waals surface area (Å²) in [5, 5.41) is 11.0. The summed E-state index contributed by atoms with van der Waals surface area (Å²) in [5.74, 6) is -0.466. The molecule has 25 heavy (non-hydrogen) atoms. The summed E-state index contributed by atoms with van der Waals surface area (Å²) >= 11 is 1.31. The van der Waals surface area contributed by atoms with E-state index in [1.165, 1.54) is 23.5 Å². The number of rotatable bonds is 3. The molecule has 1 N–H and O–H groups in total. The molecule has 0 bridgehead atoms. The van der Waals surface area contributed by atoms with Crippen LogP contribution in [0.15, 0.2) is 44.9 Å². The lowest BCUT2D eigenvalue weighted by molar-refractivity contribution is 0.0697. The maximum atomic E-state index is 12.5. The molecule has 4 rings (SSSR count). The van der Waals surface area contributed by atoms with Crippen molar-refractivity contribution in [3.63, 3.8) is 0 Å².